The van der Waals surface area contributed by atoms with Gasteiger partial charge in [0.15, 0.2) is 0 Å². The Morgan fingerprint density at radius 2 is 1.74 bits per heavy atom. The number of nitrogens with zero attached hydrogens (tertiary/aromatic N) is 2. The molecule has 19 heavy (non-hydrogen) atoms. The molecule has 2 aromatic rings. The first-order valence-corrected chi connectivity index (χ1v) is 7.15. The Kier molecular flexibility index (Phi) is 3.21. The van der Waals surface area contributed by atoms with Gasteiger partial charge in [-0.25, -0.2) is 0 Å². The Hall–Kier alpha value is -1.88. The van der Waals surface area contributed by atoms with E-state index in [9.17, 15) is 10.1 Å². The second-order valence-corrected chi connectivity index (χ2v) is 5.70. The van der Waals surface area contributed by atoms with Gasteiger partial charge in [0.25, 0.3) is 5.69 Å². The number of nitro groups is 1. The SMILES string of the molecule is O=[N+]([O-])c1ccc(-c2ccc(N3CCCC3)s2)cc1. The molecule has 0 amide bonds. The maximum atomic E-state index is 10.6. The topological polar surface area (TPSA) is 46.4 Å². The monoisotopic (exact) mass is 274 g/mol. The zero-order chi connectivity index (χ0) is 13.2. The number of benzene rings is 1. The van der Waals surface area contributed by atoms with E-state index in [2.05, 4.69) is 17.0 Å². The van der Waals surface area contributed by atoms with Gasteiger partial charge in [0.1, 0.15) is 0 Å². The average molecular weight is 274 g/mol. The first-order valence-electron chi connectivity index (χ1n) is 6.34. The first-order chi connectivity index (χ1) is 9.24. The Labute approximate surface area is 115 Å². The number of hydrogen-bond donors (Lipinski definition) is 0. The van der Waals surface area contributed by atoms with Crippen molar-refractivity contribution in [1.29, 1.82) is 0 Å². The fourth-order valence-corrected chi connectivity index (χ4v) is 3.40. The van der Waals surface area contributed by atoms with E-state index in [4.69, 9.17) is 0 Å². The third-order valence-corrected chi connectivity index (χ3v) is 4.57. The number of non-ortho nitro benzene ring substituents is 1. The molecular weight excluding hydrogens is 260 g/mol. The standard InChI is InChI=1S/C14H14N2O2S/c17-16(18)12-5-3-11(4-6-12)13-7-8-14(19-13)15-9-1-2-10-15/h3-8H,1-2,9-10H2. The Morgan fingerprint density at radius 1 is 1.05 bits per heavy atom. The summed E-state index contributed by atoms with van der Waals surface area (Å²) >= 11 is 1.75. The van der Waals surface area contributed by atoms with Gasteiger partial charge in [-0.15, -0.1) is 11.3 Å². The van der Waals surface area contributed by atoms with Crippen molar-refractivity contribution in [3.8, 4) is 10.4 Å². The van der Waals surface area contributed by atoms with E-state index in [1.54, 1.807) is 23.5 Å². The van der Waals surface area contributed by atoms with E-state index in [0.717, 1.165) is 23.5 Å². The summed E-state index contributed by atoms with van der Waals surface area (Å²) in [4.78, 5) is 13.8. The molecule has 0 aliphatic carbocycles. The van der Waals surface area contributed by atoms with E-state index in [-0.39, 0.29) is 10.6 Å². The van der Waals surface area contributed by atoms with Crippen LogP contribution in [0, 0.1) is 10.1 Å². The van der Waals surface area contributed by atoms with Gasteiger partial charge in [-0.3, -0.25) is 10.1 Å². The molecule has 0 N–H and O–H groups in total. The van der Waals surface area contributed by atoms with Crippen LogP contribution >= 0.6 is 11.3 Å². The molecule has 0 radical (unpaired) electrons. The maximum Gasteiger partial charge on any atom is 0.269 e. The van der Waals surface area contributed by atoms with Crippen LogP contribution in [0.3, 0.4) is 0 Å². The molecule has 0 bridgehead atoms. The largest absolute Gasteiger partial charge is 0.363 e. The Bertz CT molecular complexity index is 586. The molecule has 5 heteroatoms. The van der Waals surface area contributed by atoms with Crippen LogP contribution in [0.15, 0.2) is 36.4 Å². The molecule has 1 aliphatic rings. The van der Waals surface area contributed by atoms with Gasteiger partial charge in [-0.05, 0) is 42.7 Å². The zero-order valence-corrected chi connectivity index (χ0v) is 11.2. The van der Waals surface area contributed by atoms with Gasteiger partial charge in [0.05, 0.1) is 9.92 Å². The molecule has 1 aliphatic heterocycles. The van der Waals surface area contributed by atoms with Crippen LogP contribution in [0.2, 0.25) is 0 Å². The molecular formula is C14H14N2O2S. The van der Waals surface area contributed by atoms with Gasteiger partial charge in [0, 0.05) is 30.1 Å². The normalized spacial score (nSPS) is 14.8. The molecule has 4 nitrogen and oxygen atoms in total. The first kappa shape index (κ1) is 12.2. The minimum absolute atomic E-state index is 0.139. The molecule has 0 atom stereocenters. The van der Waals surface area contributed by atoms with Crippen molar-refractivity contribution < 1.29 is 4.92 Å². The smallest absolute Gasteiger partial charge is 0.269 e. The van der Waals surface area contributed by atoms with Crippen LogP contribution in [0.4, 0.5) is 10.7 Å². The van der Waals surface area contributed by atoms with E-state index < -0.39 is 0 Å². The van der Waals surface area contributed by atoms with Crippen LogP contribution in [-0.2, 0) is 0 Å². The van der Waals surface area contributed by atoms with Crippen LogP contribution in [0.5, 0.6) is 0 Å². The van der Waals surface area contributed by atoms with Crippen LogP contribution < -0.4 is 4.90 Å². The van der Waals surface area contributed by atoms with Crippen molar-refractivity contribution >= 4 is 22.0 Å². The van der Waals surface area contributed by atoms with Crippen molar-refractivity contribution in [1.82, 2.24) is 0 Å². The molecule has 1 saturated heterocycles. The average Bonchev–Trinajstić information content (AvgIpc) is 3.10. The lowest BCUT2D eigenvalue weighted by molar-refractivity contribution is -0.384. The van der Waals surface area contributed by atoms with Crippen molar-refractivity contribution in [3.05, 3.63) is 46.5 Å². The highest BCUT2D eigenvalue weighted by molar-refractivity contribution is 7.19. The number of hydrogen-bond acceptors (Lipinski definition) is 4. The molecule has 98 valence electrons. The molecule has 0 unspecified atom stereocenters. The fourth-order valence-electron chi connectivity index (χ4n) is 2.34. The van der Waals surface area contributed by atoms with Gasteiger partial charge in [0.2, 0.25) is 0 Å². The molecule has 2 heterocycles. The number of rotatable bonds is 3. The molecule has 1 aromatic carbocycles. The summed E-state index contributed by atoms with van der Waals surface area (Å²) < 4.78 is 0. The predicted octanol–water partition coefficient (Wildman–Crippen LogP) is 3.92. The highest BCUT2D eigenvalue weighted by atomic mass is 32.1. The summed E-state index contributed by atoms with van der Waals surface area (Å²) in [6.07, 6.45) is 2.54. The lowest BCUT2D eigenvalue weighted by Crippen LogP contribution is -2.15. The third-order valence-electron chi connectivity index (χ3n) is 3.37. The van der Waals surface area contributed by atoms with Crippen molar-refractivity contribution in [3.63, 3.8) is 0 Å². The van der Waals surface area contributed by atoms with E-state index in [1.807, 2.05) is 12.1 Å². The lowest BCUT2D eigenvalue weighted by atomic mass is 10.2. The number of anilines is 1. The lowest BCUT2D eigenvalue weighted by Gasteiger charge is -2.13. The molecule has 3 rings (SSSR count). The van der Waals surface area contributed by atoms with Crippen LogP contribution in [0.25, 0.3) is 10.4 Å². The second kappa shape index (κ2) is 5.01. The third kappa shape index (κ3) is 2.46. The quantitative estimate of drug-likeness (QED) is 0.629. The summed E-state index contributed by atoms with van der Waals surface area (Å²) in [5, 5.41) is 11.9. The molecule has 1 aromatic heterocycles. The summed E-state index contributed by atoms with van der Waals surface area (Å²) in [5.41, 5.74) is 1.18. The predicted molar refractivity (Wildman–Crippen MR) is 77.9 cm³/mol. The van der Waals surface area contributed by atoms with E-state index >= 15 is 0 Å². The molecule has 1 fully saturated rings. The molecule has 0 saturated carbocycles. The highest BCUT2D eigenvalue weighted by Gasteiger charge is 2.15. The summed E-state index contributed by atoms with van der Waals surface area (Å²) in [6, 6.07) is 11.0. The summed E-state index contributed by atoms with van der Waals surface area (Å²) in [5.74, 6) is 0. The van der Waals surface area contributed by atoms with Gasteiger partial charge < -0.3 is 4.90 Å². The van der Waals surface area contributed by atoms with Crippen LogP contribution in [-0.4, -0.2) is 18.0 Å². The minimum Gasteiger partial charge on any atom is -0.363 e. The maximum absolute atomic E-state index is 10.6. The second-order valence-electron chi connectivity index (χ2n) is 4.64. The van der Waals surface area contributed by atoms with Gasteiger partial charge >= 0.3 is 0 Å². The number of nitro benzene ring substituents is 1. The Morgan fingerprint density at radius 3 is 2.37 bits per heavy atom. The number of thiophene rings is 1. The highest BCUT2D eigenvalue weighted by Crippen LogP contribution is 2.35. The summed E-state index contributed by atoms with van der Waals surface area (Å²) in [7, 11) is 0. The summed E-state index contributed by atoms with van der Waals surface area (Å²) in [6.45, 7) is 2.28. The van der Waals surface area contributed by atoms with Gasteiger partial charge in [-0.2, -0.15) is 0 Å². The van der Waals surface area contributed by atoms with E-state index in [1.165, 1.54) is 17.8 Å². The molecule has 0 spiro atoms. The van der Waals surface area contributed by atoms with Crippen molar-refractivity contribution in [2.24, 2.45) is 0 Å². The minimum atomic E-state index is -0.367. The van der Waals surface area contributed by atoms with Crippen molar-refractivity contribution in [2.45, 2.75) is 12.8 Å². The zero-order valence-electron chi connectivity index (χ0n) is 10.4. The van der Waals surface area contributed by atoms with Crippen molar-refractivity contribution in [2.75, 3.05) is 18.0 Å². The fraction of sp³-hybridized carbons (Fsp3) is 0.286. The Balaban J connectivity index is 1.83. The van der Waals surface area contributed by atoms with E-state index in [0.29, 0.717) is 0 Å². The van der Waals surface area contributed by atoms with Crippen LogP contribution in [0.1, 0.15) is 12.8 Å². The van der Waals surface area contributed by atoms with Gasteiger partial charge in [-0.1, -0.05) is 0 Å².